The van der Waals surface area contributed by atoms with E-state index >= 15 is 0 Å². The Morgan fingerprint density at radius 3 is 0.685 bits per heavy atom. The van der Waals surface area contributed by atoms with Gasteiger partial charge in [0.25, 0.3) is 0 Å². The number of hydrogen-bond acceptors (Lipinski definition) is 4. The van der Waals surface area contributed by atoms with Crippen molar-refractivity contribution >= 4 is 56.9 Å². The highest BCUT2D eigenvalue weighted by Crippen LogP contribution is 2.56. The zero-order valence-electron chi connectivity index (χ0n) is 42.4. The fourth-order valence-corrected chi connectivity index (χ4v) is 12.5. The molecular formula is C69H58N4. The predicted molar refractivity (Wildman–Crippen MR) is 308 cm³/mol. The molecule has 0 aromatic heterocycles. The molecule has 10 aromatic carbocycles. The average Bonchev–Trinajstić information content (AvgIpc) is 3.89. The Morgan fingerprint density at radius 1 is 0.233 bits per heavy atom. The molecule has 0 heterocycles. The second-order valence-corrected chi connectivity index (χ2v) is 21.7. The van der Waals surface area contributed by atoms with Gasteiger partial charge in [-0.2, -0.15) is 0 Å². The zero-order valence-corrected chi connectivity index (χ0v) is 42.4. The highest BCUT2D eigenvalue weighted by atomic mass is 15.2. The molecule has 0 fully saturated rings. The van der Waals surface area contributed by atoms with Crippen molar-refractivity contribution in [2.75, 3.05) is 20.4 Å². The van der Waals surface area contributed by atoms with Crippen LogP contribution < -0.4 is 20.4 Å². The van der Waals surface area contributed by atoms with E-state index in [9.17, 15) is 0 Å². The van der Waals surface area contributed by atoms with Crippen LogP contribution in [0.25, 0.3) is 33.4 Å². The normalized spacial score (nSPS) is 14.5. The lowest BCUT2D eigenvalue weighted by Gasteiger charge is -2.31. The molecule has 0 unspecified atom stereocenters. The Kier molecular flexibility index (Phi) is 10.0. The van der Waals surface area contributed by atoms with E-state index in [1.54, 1.807) is 0 Å². The first-order chi connectivity index (χ1) is 35.4. The third-order valence-electron chi connectivity index (χ3n) is 16.3. The summed E-state index contributed by atoms with van der Waals surface area (Å²) in [7, 11) is 0. The van der Waals surface area contributed by atoms with Gasteiger partial charge < -0.3 is 20.4 Å². The molecule has 3 aliphatic rings. The fraction of sp³-hybridized carbons (Fsp3) is 0.130. The molecule has 0 saturated heterocycles. The lowest BCUT2D eigenvalue weighted by Crippen LogP contribution is -2.19. The summed E-state index contributed by atoms with van der Waals surface area (Å²) in [6.07, 6.45) is 0. The van der Waals surface area contributed by atoms with Gasteiger partial charge in [0, 0.05) is 73.1 Å². The Balaban J connectivity index is 0.937. The number of fused-ring (bicyclic) bond motifs is 9. The maximum absolute atomic E-state index is 6.45. The molecule has 0 atom stereocenters. The first kappa shape index (κ1) is 44.3. The van der Waals surface area contributed by atoms with Crippen molar-refractivity contribution in [1.82, 2.24) is 0 Å². The van der Waals surface area contributed by atoms with Crippen LogP contribution in [0.1, 0.15) is 74.9 Å². The number of nitrogen functional groups attached to an aromatic ring is 1. The van der Waals surface area contributed by atoms with E-state index in [1.165, 1.54) is 66.8 Å². The number of anilines is 10. The van der Waals surface area contributed by atoms with Crippen LogP contribution in [-0.4, -0.2) is 0 Å². The molecule has 0 spiro atoms. The molecule has 2 N–H and O–H groups in total. The third-order valence-corrected chi connectivity index (χ3v) is 16.3. The summed E-state index contributed by atoms with van der Waals surface area (Å²) >= 11 is 0. The Bertz CT molecular complexity index is 3510. The summed E-state index contributed by atoms with van der Waals surface area (Å²) in [6, 6.07) is 84.7. The lowest BCUT2D eigenvalue weighted by molar-refractivity contribution is 0.659. The van der Waals surface area contributed by atoms with Gasteiger partial charge in [-0.3, -0.25) is 0 Å². The van der Waals surface area contributed by atoms with Crippen LogP contribution in [0.3, 0.4) is 0 Å². The molecular weight excluding hydrogens is 885 g/mol. The van der Waals surface area contributed by atoms with E-state index in [-0.39, 0.29) is 16.2 Å². The molecule has 13 rings (SSSR count). The van der Waals surface area contributed by atoms with Gasteiger partial charge in [-0.05, 0) is 188 Å². The van der Waals surface area contributed by atoms with Crippen molar-refractivity contribution in [3.63, 3.8) is 0 Å². The minimum atomic E-state index is -0.282. The van der Waals surface area contributed by atoms with Crippen molar-refractivity contribution < 1.29 is 0 Å². The molecule has 10 aromatic rings. The van der Waals surface area contributed by atoms with Gasteiger partial charge in [0.1, 0.15) is 0 Å². The van der Waals surface area contributed by atoms with E-state index < -0.39 is 0 Å². The van der Waals surface area contributed by atoms with Crippen molar-refractivity contribution in [2.45, 2.75) is 57.8 Å². The Morgan fingerprint density at radius 2 is 0.438 bits per heavy atom. The van der Waals surface area contributed by atoms with Gasteiger partial charge in [-0.15, -0.1) is 0 Å². The van der Waals surface area contributed by atoms with Crippen molar-refractivity contribution in [3.8, 4) is 33.4 Å². The van der Waals surface area contributed by atoms with Crippen LogP contribution in [-0.2, 0) is 16.2 Å². The van der Waals surface area contributed by atoms with Gasteiger partial charge in [-0.1, -0.05) is 151 Å². The number of benzene rings is 10. The quantitative estimate of drug-likeness (QED) is 0.146. The second-order valence-electron chi connectivity index (χ2n) is 21.7. The summed E-state index contributed by atoms with van der Waals surface area (Å²) in [5.41, 5.74) is 32.2. The SMILES string of the molecule is CC1(C)c2cc(N)ccc2-c2ccc(N(c3ccc4c(c3)C(C)(C)c3cc(N(c5ccccc5)c5ccccc5)ccc3-4)c3ccc4c(c3)C(C)(C)c3cc(N(c5ccccc5)c5ccccc5)ccc3-4)cc21. The van der Waals surface area contributed by atoms with Gasteiger partial charge >= 0.3 is 0 Å². The topological polar surface area (TPSA) is 35.7 Å². The van der Waals surface area contributed by atoms with Gasteiger partial charge in [-0.25, -0.2) is 0 Å². The number of para-hydroxylation sites is 4. The molecule has 0 aliphatic heterocycles. The van der Waals surface area contributed by atoms with E-state index in [2.05, 4.69) is 281 Å². The molecule has 3 aliphatic carbocycles. The van der Waals surface area contributed by atoms with Crippen LogP contribution in [0.4, 0.5) is 56.9 Å². The van der Waals surface area contributed by atoms with Gasteiger partial charge in [0.2, 0.25) is 0 Å². The fourth-order valence-electron chi connectivity index (χ4n) is 12.5. The summed E-state index contributed by atoms with van der Waals surface area (Å²) in [5, 5.41) is 0. The molecule has 0 radical (unpaired) electrons. The monoisotopic (exact) mass is 942 g/mol. The Hall–Kier alpha value is -8.60. The highest BCUT2D eigenvalue weighted by Gasteiger charge is 2.40. The number of nitrogens with two attached hydrogens (primary N) is 1. The summed E-state index contributed by atoms with van der Waals surface area (Å²) < 4.78 is 0. The van der Waals surface area contributed by atoms with Gasteiger partial charge in [0.05, 0.1) is 0 Å². The minimum absolute atomic E-state index is 0.235. The van der Waals surface area contributed by atoms with Crippen molar-refractivity contribution in [2.24, 2.45) is 0 Å². The maximum atomic E-state index is 6.45. The van der Waals surface area contributed by atoms with E-state index in [0.29, 0.717) is 0 Å². The first-order valence-corrected chi connectivity index (χ1v) is 25.6. The second kappa shape index (κ2) is 16.5. The molecule has 4 nitrogen and oxygen atoms in total. The molecule has 0 bridgehead atoms. The minimum Gasteiger partial charge on any atom is -0.399 e. The maximum Gasteiger partial charge on any atom is 0.0465 e. The standard InChI is InChI=1S/C69H58N4/c1-67(2)61-39-45(70)27-33-55(61)56-36-30-52(42-62(56)67)73(53-31-37-59-57-34-28-50(40-63(57)68(3,4)65(59)43-53)71(46-19-11-7-12-20-46)47-21-13-8-14-22-47)54-32-38-60-58-35-29-51(41-64(58)69(5,6)66(60)44-54)72(48-23-15-9-16-24-48)49-25-17-10-18-26-49/h7-44H,70H2,1-6H3. The van der Waals surface area contributed by atoms with Crippen LogP contribution in [0.2, 0.25) is 0 Å². The third kappa shape index (κ3) is 6.95. The smallest absolute Gasteiger partial charge is 0.0465 e. The number of hydrogen-bond donors (Lipinski definition) is 1. The van der Waals surface area contributed by atoms with E-state index in [1.807, 2.05) is 6.07 Å². The van der Waals surface area contributed by atoms with Crippen LogP contribution in [0, 0.1) is 0 Å². The predicted octanol–water partition coefficient (Wildman–Crippen LogP) is 18.6. The average molecular weight is 943 g/mol. The molecule has 0 saturated carbocycles. The number of rotatable bonds is 9. The summed E-state index contributed by atoms with van der Waals surface area (Å²) in [5.74, 6) is 0. The van der Waals surface area contributed by atoms with Crippen LogP contribution >= 0.6 is 0 Å². The number of nitrogens with zero attached hydrogens (tertiary/aromatic N) is 3. The zero-order chi connectivity index (χ0) is 49.8. The van der Waals surface area contributed by atoms with Crippen molar-refractivity contribution in [1.29, 1.82) is 0 Å². The largest absolute Gasteiger partial charge is 0.399 e. The first-order valence-electron chi connectivity index (χ1n) is 25.6. The molecule has 4 heteroatoms. The molecule has 354 valence electrons. The highest BCUT2D eigenvalue weighted by molar-refractivity contribution is 5.92. The lowest BCUT2D eigenvalue weighted by atomic mass is 9.81. The molecule has 0 amide bonds. The Labute approximate surface area is 430 Å². The van der Waals surface area contributed by atoms with Gasteiger partial charge in [0.15, 0.2) is 0 Å². The van der Waals surface area contributed by atoms with Crippen LogP contribution in [0.5, 0.6) is 0 Å². The summed E-state index contributed by atoms with van der Waals surface area (Å²) in [4.78, 5) is 7.24. The van der Waals surface area contributed by atoms with E-state index in [4.69, 9.17) is 5.73 Å². The van der Waals surface area contributed by atoms with Crippen LogP contribution in [0.15, 0.2) is 231 Å². The molecule has 73 heavy (non-hydrogen) atoms. The van der Waals surface area contributed by atoms with Crippen molar-refractivity contribution in [3.05, 3.63) is 264 Å². The van der Waals surface area contributed by atoms with E-state index in [0.717, 1.165) is 56.9 Å². The summed E-state index contributed by atoms with van der Waals surface area (Å²) in [6.45, 7) is 14.3.